The molecule has 0 bridgehead atoms. The molecule has 0 aromatic heterocycles. The third kappa shape index (κ3) is 7.29. The molecule has 0 unspecified atom stereocenters. The minimum atomic E-state index is -0.479. The van der Waals surface area contributed by atoms with Crippen LogP contribution in [0.2, 0.25) is 0 Å². The second-order valence-corrected chi connectivity index (χ2v) is 7.59. The Morgan fingerprint density at radius 3 is 2.30 bits per heavy atom. The Morgan fingerprint density at radius 2 is 1.64 bits per heavy atom. The Morgan fingerprint density at radius 1 is 0.939 bits per heavy atom. The normalized spacial score (nSPS) is 10.5. The van der Waals surface area contributed by atoms with Gasteiger partial charge in [0, 0.05) is 10.0 Å². The second-order valence-electron chi connectivity index (χ2n) is 6.67. The number of esters is 1. The van der Waals surface area contributed by atoms with Gasteiger partial charge in [-0.3, -0.25) is 9.59 Å². The van der Waals surface area contributed by atoms with Gasteiger partial charge in [0.2, 0.25) is 0 Å². The number of amides is 2. The van der Waals surface area contributed by atoms with Crippen LogP contribution in [0.25, 0.3) is 0 Å². The van der Waals surface area contributed by atoms with Crippen LogP contribution in [0.4, 0.5) is 0 Å². The van der Waals surface area contributed by atoms with E-state index in [1.54, 1.807) is 66.7 Å². The van der Waals surface area contributed by atoms with Crippen LogP contribution in [0.1, 0.15) is 26.3 Å². The van der Waals surface area contributed by atoms with Crippen LogP contribution in [-0.4, -0.2) is 37.7 Å². The zero-order chi connectivity index (χ0) is 23.6. The van der Waals surface area contributed by atoms with E-state index in [0.29, 0.717) is 28.2 Å². The van der Waals surface area contributed by atoms with Gasteiger partial charge in [0.1, 0.15) is 11.5 Å². The zero-order valence-corrected chi connectivity index (χ0v) is 19.2. The lowest BCUT2D eigenvalue weighted by molar-refractivity contribution is -0.120. The van der Waals surface area contributed by atoms with Crippen molar-refractivity contribution in [1.29, 1.82) is 0 Å². The van der Waals surface area contributed by atoms with Gasteiger partial charge in [-0.1, -0.05) is 22.0 Å². The Bertz CT molecular complexity index is 1160. The number of nitrogens with zero attached hydrogens (tertiary/aromatic N) is 1. The lowest BCUT2D eigenvalue weighted by Crippen LogP contribution is -2.34. The van der Waals surface area contributed by atoms with Gasteiger partial charge in [0.25, 0.3) is 11.8 Å². The number of rotatable bonds is 8. The summed E-state index contributed by atoms with van der Waals surface area (Å²) in [6.45, 7) is -0.229. The van der Waals surface area contributed by atoms with Crippen LogP contribution in [0.5, 0.6) is 11.5 Å². The third-order valence-electron chi connectivity index (χ3n) is 4.32. The molecule has 0 spiro atoms. The van der Waals surface area contributed by atoms with Crippen molar-refractivity contribution >= 4 is 39.9 Å². The topological polar surface area (TPSA) is 106 Å². The highest BCUT2D eigenvalue weighted by Gasteiger charge is 2.09. The van der Waals surface area contributed by atoms with Crippen molar-refractivity contribution in [2.24, 2.45) is 5.10 Å². The van der Waals surface area contributed by atoms with E-state index in [0.717, 1.165) is 4.47 Å². The zero-order valence-electron chi connectivity index (χ0n) is 17.6. The van der Waals surface area contributed by atoms with Crippen molar-refractivity contribution in [3.05, 3.63) is 94.0 Å². The maximum Gasteiger partial charge on any atom is 0.343 e. The maximum absolute atomic E-state index is 12.2. The largest absolute Gasteiger partial charge is 0.497 e. The molecule has 9 heteroatoms. The van der Waals surface area contributed by atoms with E-state index in [-0.39, 0.29) is 12.5 Å². The number of carbonyl (C=O) groups is 3. The summed E-state index contributed by atoms with van der Waals surface area (Å²) in [5, 5.41) is 6.37. The molecule has 3 rings (SSSR count). The summed E-state index contributed by atoms with van der Waals surface area (Å²) >= 11 is 3.31. The molecule has 3 aromatic rings. The molecule has 0 atom stereocenters. The van der Waals surface area contributed by atoms with Crippen molar-refractivity contribution in [3.8, 4) is 11.5 Å². The van der Waals surface area contributed by atoms with Gasteiger partial charge >= 0.3 is 5.97 Å². The van der Waals surface area contributed by atoms with Crippen molar-refractivity contribution < 1.29 is 23.9 Å². The minimum absolute atomic E-state index is 0.229. The maximum atomic E-state index is 12.2. The summed E-state index contributed by atoms with van der Waals surface area (Å²) in [6.07, 6.45) is 1.43. The van der Waals surface area contributed by atoms with E-state index in [1.807, 2.05) is 6.07 Å². The lowest BCUT2D eigenvalue weighted by Gasteiger charge is -2.06. The monoisotopic (exact) mass is 509 g/mol. The molecule has 0 radical (unpaired) electrons. The number of ether oxygens (including phenoxy) is 2. The fraction of sp³-hybridized carbons (Fsp3) is 0.0833. The molecular formula is C24H20BrN3O5. The van der Waals surface area contributed by atoms with Gasteiger partial charge in [-0.2, -0.15) is 5.10 Å². The van der Waals surface area contributed by atoms with Crippen LogP contribution >= 0.6 is 15.9 Å². The van der Waals surface area contributed by atoms with Crippen molar-refractivity contribution in [1.82, 2.24) is 10.7 Å². The van der Waals surface area contributed by atoms with Gasteiger partial charge in [0.05, 0.1) is 25.4 Å². The number of benzene rings is 3. The molecule has 168 valence electrons. The lowest BCUT2D eigenvalue weighted by atomic mass is 10.2. The molecule has 0 heterocycles. The van der Waals surface area contributed by atoms with Crippen LogP contribution in [0.3, 0.4) is 0 Å². The highest BCUT2D eigenvalue weighted by Crippen LogP contribution is 2.16. The first-order valence-electron chi connectivity index (χ1n) is 9.76. The van der Waals surface area contributed by atoms with Crippen LogP contribution in [-0.2, 0) is 4.79 Å². The number of hydrogen-bond donors (Lipinski definition) is 2. The number of hydrogen-bond acceptors (Lipinski definition) is 6. The summed E-state index contributed by atoms with van der Waals surface area (Å²) in [5.74, 6) is -0.323. The van der Waals surface area contributed by atoms with Crippen molar-refractivity contribution in [2.75, 3.05) is 13.7 Å². The van der Waals surface area contributed by atoms with Gasteiger partial charge in [-0.05, 0) is 72.3 Å². The van der Waals surface area contributed by atoms with E-state index < -0.39 is 11.9 Å². The van der Waals surface area contributed by atoms with E-state index in [9.17, 15) is 14.4 Å². The Hall–Kier alpha value is -3.98. The Balaban J connectivity index is 1.44. The van der Waals surface area contributed by atoms with Crippen molar-refractivity contribution in [3.63, 3.8) is 0 Å². The fourth-order valence-electron chi connectivity index (χ4n) is 2.63. The molecule has 0 fully saturated rings. The van der Waals surface area contributed by atoms with Gasteiger partial charge < -0.3 is 14.8 Å². The molecule has 0 aliphatic heterocycles. The van der Waals surface area contributed by atoms with E-state index in [1.165, 1.54) is 13.3 Å². The quantitative estimate of drug-likeness (QED) is 0.209. The number of nitrogens with one attached hydrogen (secondary N) is 2. The first-order valence-corrected chi connectivity index (χ1v) is 10.6. The van der Waals surface area contributed by atoms with Gasteiger partial charge in [0.15, 0.2) is 0 Å². The van der Waals surface area contributed by atoms with Crippen molar-refractivity contribution in [2.45, 2.75) is 0 Å². The average Bonchev–Trinajstić information content (AvgIpc) is 2.83. The van der Waals surface area contributed by atoms with Crippen LogP contribution in [0, 0.1) is 0 Å². The predicted molar refractivity (Wildman–Crippen MR) is 127 cm³/mol. The molecule has 0 saturated heterocycles. The molecule has 0 aliphatic carbocycles. The standard InChI is InChI=1S/C24H20BrN3O5/c1-32-20-11-7-17(8-12-20)23(30)26-15-22(29)28-27-14-16-5-9-21(10-6-16)33-24(31)18-3-2-4-19(25)13-18/h2-14H,15H2,1H3,(H,26,30)(H,28,29)/b27-14-. The fourth-order valence-corrected chi connectivity index (χ4v) is 3.03. The molecule has 33 heavy (non-hydrogen) atoms. The number of hydrazone groups is 1. The molecule has 2 N–H and O–H groups in total. The van der Waals surface area contributed by atoms with Crippen LogP contribution in [0.15, 0.2) is 82.4 Å². The highest BCUT2D eigenvalue weighted by atomic mass is 79.9. The molecule has 0 saturated carbocycles. The highest BCUT2D eigenvalue weighted by molar-refractivity contribution is 9.10. The van der Waals surface area contributed by atoms with Gasteiger partial charge in [-0.15, -0.1) is 0 Å². The molecule has 8 nitrogen and oxygen atoms in total. The number of halogens is 1. The molecule has 3 aromatic carbocycles. The molecular weight excluding hydrogens is 490 g/mol. The number of methoxy groups -OCH3 is 1. The van der Waals surface area contributed by atoms with Gasteiger partial charge in [-0.25, -0.2) is 10.2 Å². The smallest absolute Gasteiger partial charge is 0.343 e. The minimum Gasteiger partial charge on any atom is -0.497 e. The average molecular weight is 510 g/mol. The summed E-state index contributed by atoms with van der Waals surface area (Å²) in [5.41, 5.74) is 3.85. The Labute approximate surface area is 198 Å². The third-order valence-corrected chi connectivity index (χ3v) is 4.81. The summed E-state index contributed by atoms with van der Waals surface area (Å²) < 4.78 is 11.2. The number of carbonyl (C=O) groups excluding carboxylic acids is 3. The summed E-state index contributed by atoms with van der Waals surface area (Å²) in [6, 6.07) is 20.0. The first kappa shape index (κ1) is 23.7. The van der Waals surface area contributed by atoms with E-state index >= 15 is 0 Å². The first-order chi connectivity index (χ1) is 15.9. The Kier molecular flexibility index (Phi) is 8.31. The van der Waals surface area contributed by atoms with Crippen LogP contribution < -0.4 is 20.2 Å². The van der Waals surface area contributed by atoms with E-state index in [4.69, 9.17) is 9.47 Å². The summed E-state index contributed by atoms with van der Waals surface area (Å²) in [4.78, 5) is 36.1. The SMILES string of the molecule is COc1ccc(C(=O)NCC(=O)N/N=C\c2ccc(OC(=O)c3cccc(Br)c3)cc2)cc1. The van der Waals surface area contributed by atoms with E-state index in [2.05, 4.69) is 31.8 Å². The molecule has 0 aliphatic rings. The predicted octanol–water partition coefficient (Wildman–Crippen LogP) is 3.56. The second kappa shape index (κ2) is 11.6. The summed E-state index contributed by atoms with van der Waals surface area (Å²) in [7, 11) is 1.54. The molecule has 2 amide bonds.